The molecule has 1 saturated heterocycles. The summed E-state index contributed by atoms with van der Waals surface area (Å²) >= 11 is 0. The van der Waals surface area contributed by atoms with E-state index in [1.807, 2.05) is 19.2 Å². The summed E-state index contributed by atoms with van der Waals surface area (Å²) < 4.78 is 11.9. The topological polar surface area (TPSA) is 33.7 Å². The number of benzene rings is 1. The lowest BCUT2D eigenvalue weighted by molar-refractivity contribution is -0.0385. The van der Waals surface area contributed by atoms with Crippen LogP contribution in [0.1, 0.15) is 25.5 Å². The molecule has 4 heteroatoms. The lowest BCUT2D eigenvalue weighted by Crippen LogP contribution is -2.46. The number of para-hydroxylation sites is 1. The van der Waals surface area contributed by atoms with E-state index in [0.29, 0.717) is 0 Å². The SMILES string of the molecule is CNC(c1ccccc1OC(C)C)C1CN(C)CCO1. The average Bonchev–Trinajstić information content (AvgIpc) is 2.41. The second-order valence-corrected chi connectivity index (χ2v) is 5.64. The summed E-state index contributed by atoms with van der Waals surface area (Å²) in [5.41, 5.74) is 1.17. The van der Waals surface area contributed by atoms with Gasteiger partial charge in [0.25, 0.3) is 0 Å². The molecule has 1 aromatic rings. The molecule has 0 spiro atoms. The van der Waals surface area contributed by atoms with E-state index in [0.717, 1.165) is 25.4 Å². The molecular formula is C16H26N2O2. The van der Waals surface area contributed by atoms with Gasteiger partial charge in [-0.1, -0.05) is 18.2 Å². The minimum atomic E-state index is 0.146. The van der Waals surface area contributed by atoms with Crippen LogP contribution in [-0.2, 0) is 4.74 Å². The Morgan fingerprint density at radius 1 is 1.35 bits per heavy atom. The van der Waals surface area contributed by atoms with Crippen molar-refractivity contribution in [2.45, 2.75) is 32.1 Å². The van der Waals surface area contributed by atoms with Crippen LogP contribution in [0.5, 0.6) is 5.75 Å². The van der Waals surface area contributed by atoms with Gasteiger partial charge in [-0.25, -0.2) is 0 Å². The van der Waals surface area contributed by atoms with Crippen molar-refractivity contribution in [3.05, 3.63) is 29.8 Å². The Balaban J connectivity index is 2.22. The van der Waals surface area contributed by atoms with Crippen LogP contribution < -0.4 is 10.1 Å². The number of ether oxygens (including phenoxy) is 2. The fraction of sp³-hybridized carbons (Fsp3) is 0.625. The zero-order chi connectivity index (χ0) is 14.5. The van der Waals surface area contributed by atoms with Gasteiger partial charge < -0.3 is 19.7 Å². The van der Waals surface area contributed by atoms with E-state index in [-0.39, 0.29) is 18.2 Å². The fourth-order valence-corrected chi connectivity index (χ4v) is 2.65. The highest BCUT2D eigenvalue weighted by molar-refractivity contribution is 5.37. The number of hydrogen-bond acceptors (Lipinski definition) is 4. The normalized spacial score (nSPS) is 21.9. The molecule has 1 fully saturated rings. The van der Waals surface area contributed by atoms with E-state index in [2.05, 4.69) is 43.2 Å². The van der Waals surface area contributed by atoms with Gasteiger partial charge in [-0.05, 0) is 34.0 Å². The molecule has 0 aromatic heterocycles. The highest BCUT2D eigenvalue weighted by Crippen LogP contribution is 2.30. The van der Waals surface area contributed by atoms with Gasteiger partial charge in [-0.15, -0.1) is 0 Å². The van der Waals surface area contributed by atoms with Crippen molar-refractivity contribution in [1.82, 2.24) is 10.2 Å². The molecule has 1 heterocycles. The first kappa shape index (κ1) is 15.3. The molecular weight excluding hydrogens is 252 g/mol. The number of rotatable bonds is 5. The van der Waals surface area contributed by atoms with Gasteiger partial charge in [0.05, 0.1) is 24.9 Å². The van der Waals surface area contributed by atoms with Crippen LogP contribution in [-0.4, -0.2) is 50.9 Å². The second kappa shape index (κ2) is 7.07. The van der Waals surface area contributed by atoms with Crippen molar-refractivity contribution in [3.63, 3.8) is 0 Å². The van der Waals surface area contributed by atoms with Crippen LogP contribution in [0.25, 0.3) is 0 Å². The lowest BCUT2D eigenvalue weighted by Gasteiger charge is -2.35. The van der Waals surface area contributed by atoms with Crippen LogP contribution in [0.4, 0.5) is 0 Å². The Hall–Kier alpha value is -1.10. The molecule has 20 heavy (non-hydrogen) atoms. The molecule has 1 aliphatic heterocycles. The maximum Gasteiger partial charge on any atom is 0.124 e. The zero-order valence-electron chi connectivity index (χ0n) is 12.9. The Morgan fingerprint density at radius 2 is 2.10 bits per heavy atom. The van der Waals surface area contributed by atoms with Gasteiger partial charge >= 0.3 is 0 Å². The summed E-state index contributed by atoms with van der Waals surface area (Å²) in [4.78, 5) is 2.31. The highest BCUT2D eigenvalue weighted by atomic mass is 16.5. The quantitative estimate of drug-likeness (QED) is 0.894. The van der Waals surface area contributed by atoms with E-state index < -0.39 is 0 Å². The molecule has 0 saturated carbocycles. The van der Waals surface area contributed by atoms with E-state index in [1.165, 1.54) is 5.56 Å². The molecule has 2 atom stereocenters. The summed E-state index contributed by atoms with van der Waals surface area (Å²) in [5.74, 6) is 0.943. The summed E-state index contributed by atoms with van der Waals surface area (Å²) in [7, 11) is 4.12. The predicted octanol–water partition coefficient (Wildman–Crippen LogP) is 2.06. The molecule has 4 nitrogen and oxygen atoms in total. The van der Waals surface area contributed by atoms with Crippen molar-refractivity contribution < 1.29 is 9.47 Å². The minimum absolute atomic E-state index is 0.146. The Morgan fingerprint density at radius 3 is 2.75 bits per heavy atom. The van der Waals surface area contributed by atoms with Crippen molar-refractivity contribution in [3.8, 4) is 5.75 Å². The van der Waals surface area contributed by atoms with Gasteiger partial charge in [-0.2, -0.15) is 0 Å². The molecule has 1 N–H and O–H groups in total. The van der Waals surface area contributed by atoms with Crippen molar-refractivity contribution >= 4 is 0 Å². The molecule has 1 aromatic carbocycles. The van der Waals surface area contributed by atoms with Gasteiger partial charge in [-0.3, -0.25) is 0 Å². The monoisotopic (exact) mass is 278 g/mol. The lowest BCUT2D eigenvalue weighted by atomic mass is 9.99. The highest BCUT2D eigenvalue weighted by Gasteiger charge is 2.28. The number of nitrogens with one attached hydrogen (secondary N) is 1. The third-order valence-corrected chi connectivity index (χ3v) is 3.60. The molecule has 0 aliphatic carbocycles. The van der Waals surface area contributed by atoms with E-state index >= 15 is 0 Å². The Labute approximate surface area is 122 Å². The molecule has 0 bridgehead atoms. The molecule has 2 unspecified atom stereocenters. The van der Waals surface area contributed by atoms with Crippen LogP contribution in [0.15, 0.2) is 24.3 Å². The number of morpholine rings is 1. The van der Waals surface area contributed by atoms with E-state index in [9.17, 15) is 0 Å². The van der Waals surface area contributed by atoms with Crippen molar-refractivity contribution in [2.24, 2.45) is 0 Å². The summed E-state index contributed by atoms with van der Waals surface area (Å²) in [6, 6.07) is 8.37. The minimum Gasteiger partial charge on any atom is -0.491 e. The molecule has 112 valence electrons. The number of nitrogens with zero attached hydrogens (tertiary/aromatic N) is 1. The van der Waals surface area contributed by atoms with Crippen LogP contribution in [0.3, 0.4) is 0 Å². The van der Waals surface area contributed by atoms with Crippen LogP contribution in [0, 0.1) is 0 Å². The van der Waals surface area contributed by atoms with Gasteiger partial charge in [0, 0.05) is 18.7 Å². The van der Waals surface area contributed by atoms with Gasteiger partial charge in [0.2, 0.25) is 0 Å². The molecule has 2 rings (SSSR count). The largest absolute Gasteiger partial charge is 0.491 e. The van der Waals surface area contributed by atoms with Crippen molar-refractivity contribution in [1.29, 1.82) is 0 Å². The molecule has 1 aliphatic rings. The summed E-state index contributed by atoms with van der Waals surface area (Å²) in [5, 5.41) is 3.39. The zero-order valence-corrected chi connectivity index (χ0v) is 12.9. The maximum atomic E-state index is 5.96. The van der Waals surface area contributed by atoms with Crippen LogP contribution >= 0.6 is 0 Å². The Bertz CT molecular complexity index is 423. The average molecular weight is 278 g/mol. The maximum absolute atomic E-state index is 5.96. The van der Waals surface area contributed by atoms with E-state index in [4.69, 9.17) is 9.47 Å². The second-order valence-electron chi connectivity index (χ2n) is 5.64. The fourth-order valence-electron chi connectivity index (χ4n) is 2.65. The Kier molecular flexibility index (Phi) is 5.40. The molecule has 0 radical (unpaired) electrons. The van der Waals surface area contributed by atoms with Crippen molar-refractivity contribution in [2.75, 3.05) is 33.8 Å². The predicted molar refractivity (Wildman–Crippen MR) is 81.2 cm³/mol. The summed E-state index contributed by atoms with van der Waals surface area (Å²) in [6.07, 6.45) is 0.319. The summed E-state index contributed by atoms with van der Waals surface area (Å²) in [6.45, 7) is 6.82. The smallest absolute Gasteiger partial charge is 0.124 e. The first-order valence-corrected chi connectivity index (χ1v) is 7.34. The van der Waals surface area contributed by atoms with Gasteiger partial charge in [0.15, 0.2) is 0 Å². The van der Waals surface area contributed by atoms with Crippen LogP contribution in [0.2, 0.25) is 0 Å². The third-order valence-electron chi connectivity index (χ3n) is 3.60. The number of hydrogen-bond donors (Lipinski definition) is 1. The number of likely N-dealkylation sites (N-methyl/N-ethyl adjacent to an activating group) is 2. The first-order chi connectivity index (χ1) is 9.61. The van der Waals surface area contributed by atoms with E-state index in [1.54, 1.807) is 0 Å². The third kappa shape index (κ3) is 3.72. The standard InChI is InChI=1S/C16H26N2O2/c1-12(2)20-14-8-6-5-7-13(14)16(17-3)15-11-18(4)9-10-19-15/h5-8,12,15-17H,9-11H2,1-4H3. The first-order valence-electron chi connectivity index (χ1n) is 7.34. The van der Waals surface area contributed by atoms with Gasteiger partial charge in [0.1, 0.15) is 5.75 Å². The molecule has 0 amide bonds.